The Balaban J connectivity index is 1.50. The van der Waals surface area contributed by atoms with Crippen LogP contribution in [0.15, 0.2) is 78.9 Å². The molecule has 3 aromatic carbocycles. The number of Topliss-reactive ketones (excluding diaryl/α,β-unsaturated/α-hetero) is 1. The van der Waals surface area contributed by atoms with Crippen LogP contribution in [0.4, 0.5) is 11.4 Å². The summed E-state index contributed by atoms with van der Waals surface area (Å²) in [6.07, 6.45) is 3.04. The first-order chi connectivity index (χ1) is 17.5. The number of carboxylic acids is 1. The van der Waals surface area contributed by atoms with Crippen LogP contribution in [0, 0.1) is 5.92 Å². The highest BCUT2D eigenvalue weighted by atomic mass is 16.4. The number of anilines is 2. The number of hydrogen-bond acceptors (Lipinski definition) is 4. The van der Waals surface area contributed by atoms with Crippen molar-refractivity contribution < 1.29 is 19.5 Å². The van der Waals surface area contributed by atoms with Gasteiger partial charge in [-0.05, 0) is 67.0 Å². The van der Waals surface area contributed by atoms with Crippen molar-refractivity contribution in [2.75, 3.05) is 24.5 Å². The number of carbonyl (C=O) groups excluding carboxylic acids is 2. The summed E-state index contributed by atoms with van der Waals surface area (Å²) in [5.74, 6) is -1.95. The Morgan fingerprint density at radius 1 is 0.889 bits per heavy atom. The van der Waals surface area contributed by atoms with Crippen molar-refractivity contribution in [3.05, 3.63) is 95.6 Å². The van der Waals surface area contributed by atoms with E-state index < -0.39 is 11.8 Å². The van der Waals surface area contributed by atoms with Gasteiger partial charge in [0.2, 0.25) is 5.91 Å². The summed E-state index contributed by atoms with van der Waals surface area (Å²) < 4.78 is 0. The molecule has 1 unspecified atom stereocenters. The van der Waals surface area contributed by atoms with Gasteiger partial charge in [-0.3, -0.25) is 9.59 Å². The van der Waals surface area contributed by atoms with E-state index in [0.717, 1.165) is 41.8 Å². The third-order valence-electron chi connectivity index (χ3n) is 6.78. The molecule has 1 amide bonds. The smallest absolute Gasteiger partial charge is 0.377 e. The monoisotopic (exact) mass is 484 g/mol. The zero-order chi connectivity index (χ0) is 25.5. The van der Waals surface area contributed by atoms with Gasteiger partial charge in [-0.2, -0.15) is 0 Å². The Labute approximate surface area is 212 Å². The summed E-state index contributed by atoms with van der Waals surface area (Å²) in [5.41, 5.74) is 4.08. The number of rotatable bonds is 10. The number of fused-ring (bicyclic) bond motifs is 1. The van der Waals surface area contributed by atoms with Gasteiger partial charge in [0.05, 0.1) is 0 Å². The van der Waals surface area contributed by atoms with Crippen LogP contribution in [0.25, 0.3) is 0 Å². The van der Waals surface area contributed by atoms with Crippen molar-refractivity contribution in [1.29, 1.82) is 0 Å². The van der Waals surface area contributed by atoms with E-state index in [4.69, 9.17) is 5.11 Å². The van der Waals surface area contributed by atoms with Gasteiger partial charge in [0.15, 0.2) is 0 Å². The third kappa shape index (κ3) is 5.82. The lowest BCUT2D eigenvalue weighted by Crippen LogP contribution is -2.42. The second kappa shape index (κ2) is 11.7. The maximum Gasteiger partial charge on any atom is 0.377 e. The molecule has 0 bridgehead atoms. The second-order valence-electron chi connectivity index (χ2n) is 9.28. The van der Waals surface area contributed by atoms with Crippen molar-refractivity contribution in [3.63, 3.8) is 0 Å². The molecule has 0 spiro atoms. The number of nitrogens with zero attached hydrogens (tertiary/aromatic N) is 2. The lowest BCUT2D eigenvalue weighted by atomic mass is 9.80. The van der Waals surface area contributed by atoms with E-state index in [0.29, 0.717) is 25.1 Å². The molecule has 0 saturated carbocycles. The van der Waals surface area contributed by atoms with Crippen LogP contribution in [-0.2, 0) is 22.4 Å². The highest BCUT2D eigenvalue weighted by Gasteiger charge is 2.28. The molecule has 0 heterocycles. The van der Waals surface area contributed by atoms with Crippen molar-refractivity contribution in [2.45, 2.75) is 32.6 Å². The van der Waals surface area contributed by atoms with Crippen LogP contribution < -0.4 is 4.90 Å². The summed E-state index contributed by atoms with van der Waals surface area (Å²) in [6, 6.07) is 25.2. The molecular weight excluding hydrogens is 452 g/mol. The Kier molecular flexibility index (Phi) is 8.16. The average Bonchev–Trinajstić information content (AvgIpc) is 2.91. The topological polar surface area (TPSA) is 77.9 Å². The molecule has 1 aliphatic rings. The Bertz CT molecular complexity index is 1170. The number of para-hydroxylation sites is 2. The van der Waals surface area contributed by atoms with Gasteiger partial charge in [-0.25, -0.2) is 4.79 Å². The van der Waals surface area contributed by atoms with E-state index in [-0.39, 0.29) is 18.4 Å². The molecule has 0 saturated heterocycles. The van der Waals surface area contributed by atoms with Crippen molar-refractivity contribution in [1.82, 2.24) is 4.90 Å². The molecule has 0 radical (unpaired) electrons. The normalized spacial score (nSPS) is 14.5. The fourth-order valence-corrected chi connectivity index (χ4v) is 5.05. The van der Waals surface area contributed by atoms with Crippen LogP contribution in [0.1, 0.15) is 41.3 Å². The quantitative estimate of drug-likeness (QED) is 0.319. The summed E-state index contributed by atoms with van der Waals surface area (Å²) in [7, 11) is 0. The lowest BCUT2D eigenvalue weighted by molar-refractivity contribution is -0.132. The molecule has 1 atom stereocenters. The largest absolute Gasteiger partial charge is 0.475 e. The molecule has 6 heteroatoms. The first kappa shape index (κ1) is 25.2. The number of benzene rings is 3. The summed E-state index contributed by atoms with van der Waals surface area (Å²) in [5, 5.41) is 9.17. The third-order valence-corrected chi connectivity index (χ3v) is 6.78. The minimum Gasteiger partial charge on any atom is -0.475 e. The van der Waals surface area contributed by atoms with Crippen LogP contribution >= 0.6 is 0 Å². The summed E-state index contributed by atoms with van der Waals surface area (Å²) >= 11 is 0. The minimum atomic E-state index is -1.42. The Morgan fingerprint density at radius 2 is 1.53 bits per heavy atom. The van der Waals surface area contributed by atoms with Gasteiger partial charge in [0.1, 0.15) is 6.54 Å². The highest BCUT2D eigenvalue weighted by Crippen LogP contribution is 2.30. The van der Waals surface area contributed by atoms with E-state index in [9.17, 15) is 14.4 Å². The van der Waals surface area contributed by atoms with E-state index in [1.165, 1.54) is 0 Å². The lowest BCUT2D eigenvalue weighted by Gasteiger charge is -2.33. The van der Waals surface area contributed by atoms with Crippen molar-refractivity contribution >= 4 is 29.0 Å². The molecule has 6 nitrogen and oxygen atoms in total. The number of carbonyl (C=O) groups is 3. The highest BCUT2D eigenvalue weighted by molar-refractivity contribution is 6.40. The molecule has 36 heavy (non-hydrogen) atoms. The predicted octanol–water partition coefficient (Wildman–Crippen LogP) is 5.14. The first-order valence-corrected chi connectivity index (χ1v) is 12.5. The number of ketones is 1. The molecule has 4 rings (SSSR count). The van der Waals surface area contributed by atoms with Crippen LogP contribution in [0.2, 0.25) is 0 Å². The van der Waals surface area contributed by atoms with Crippen LogP contribution in [0.3, 0.4) is 0 Å². The molecule has 3 aromatic rings. The Morgan fingerprint density at radius 3 is 2.11 bits per heavy atom. The molecule has 1 aliphatic carbocycles. The zero-order valence-corrected chi connectivity index (χ0v) is 20.6. The minimum absolute atomic E-state index is 0.0742. The number of amides is 1. The SMILES string of the molecule is CCCN(CC1CCc2c(cccc2C(=O)C(=O)O)C1)C(=O)CN(c1ccccc1)c1ccccc1. The van der Waals surface area contributed by atoms with E-state index in [1.807, 2.05) is 76.5 Å². The summed E-state index contributed by atoms with van der Waals surface area (Å²) in [6.45, 7) is 3.64. The first-order valence-electron chi connectivity index (χ1n) is 12.5. The van der Waals surface area contributed by atoms with E-state index in [1.54, 1.807) is 12.1 Å². The standard InChI is InChI=1S/C30H32N2O4/c1-2-18-31(20-22-16-17-26-23(19-22)10-9-15-27(26)29(34)30(35)36)28(33)21-32(24-11-5-3-6-12-24)25-13-7-4-8-14-25/h3-15,22H,2,16-21H2,1H3,(H,35,36). The molecule has 0 aromatic heterocycles. The predicted molar refractivity (Wildman–Crippen MR) is 141 cm³/mol. The maximum atomic E-state index is 13.6. The molecule has 1 N–H and O–H groups in total. The molecule has 0 fully saturated rings. The van der Waals surface area contributed by atoms with Gasteiger partial charge in [0.25, 0.3) is 5.78 Å². The van der Waals surface area contributed by atoms with Crippen molar-refractivity contribution in [3.8, 4) is 0 Å². The van der Waals surface area contributed by atoms with Gasteiger partial charge in [-0.15, -0.1) is 0 Å². The number of aliphatic carboxylic acids is 1. The van der Waals surface area contributed by atoms with Gasteiger partial charge in [0, 0.05) is 30.0 Å². The summed E-state index contributed by atoms with van der Waals surface area (Å²) in [4.78, 5) is 41.0. The van der Waals surface area contributed by atoms with Crippen LogP contribution in [-0.4, -0.2) is 47.3 Å². The second-order valence-corrected chi connectivity index (χ2v) is 9.28. The zero-order valence-electron chi connectivity index (χ0n) is 20.6. The average molecular weight is 485 g/mol. The fraction of sp³-hybridized carbons (Fsp3) is 0.300. The number of carboxylic acid groups (broad SMARTS) is 1. The van der Waals surface area contributed by atoms with E-state index >= 15 is 0 Å². The number of hydrogen-bond donors (Lipinski definition) is 1. The van der Waals surface area contributed by atoms with E-state index in [2.05, 4.69) is 6.92 Å². The van der Waals surface area contributed by atoms with Gasteiger partial charge in [-0.1, -0.05) is 61.5 Å². The molecule has 0 aliphatic heterocycles. The van der Waals surface area contributed by atoms with Gasteiger partial charge < -0.3 is 14.9 Å². The van der Waals surface area contributed by atoms with Crippen LogP contribution in [0.5, 0.6) is 0 Å². The van der Waals surface area contributed by atoms with Gasteiger partial charge >= 0.3 is 5.97 Å². The molecular formula is C30H32N2O4. The molecule has 186 valence electrons. The van der Waals surface area contributed by atoms with Crippen molar-refractivity contribution in [2.24, 2.45) is 5.92 Å². The maximum absolute atomic E-state index is 13.6. The fourth-order valence-electron chi connectivity index (χ4n) is 5.05. The Hall–Kier alpha value is -3.93.